The molecule has 0 aliphatic carbocycles. The highest BCUT2D eigenvalue weighted by molar-refractivity contribution is 5.64. The van der Waals surface area contributed by atoms with Crippen LogP contribution in [0.1, 0.15) is 47.8 Å². The third kappa shape index (κ3) is 5.06. The van der Waals surface area contributed by atoms with Crippen molar-refractivity contribution in [2.75, 3.05) is 10.6 Å². The Hall–Kier alpha value is -2.95. The summed E-state index contributed by atoms with van der Waals surface area (Å²) >= 11 is 0. The predicted octanol–water partition coefficient (Wildman–Crippen LogP) is 5.94. The number of hydrogen-bond acceptors (Lipinski definition) is 5. The first-order chi connectivity index (χ1) is 13.4. The van der Waals surface area contributed by atoms with Crippen molar-refractivity contribution < 1.29 is 0 Å². The van der Waals surface area contributed by atoms with Crippen molar-refractivity contribution in [2.24, 2.45) is 0 Å². The summed E-state index contributed by atoms with van der Waals surface area (Å²) in [5.74, 6) is 1.75. The molecule has 0 atom stereocenters. The SMILES string of the molecule is CCCCc1ccc(Nc2nc(C)nc(Nc3c(C)cc(C)cc3C)n2)cc1. The summed E-state index contributed by atoms with van der Waals surface area (Å²) in [7, 11) is 0. The molecule has 0 unspecified atom stereocenters. The molecular weight excluding hydrogens is 346 g/mol. The zero-order chi connectivity index (χ0) is 20.1. The van der Waals surface area contributed by atoms with Crippen LogP contribution in [0.25, 0.3) is 0 Å². The van der Waals surface area contributed by atoms with Crippen LogP contribution in [0.5, 0.6) is 0 Å². The van der Waals surface area contributed by atoms with E-state index in [1.807, 2.05) is 6.92 Å². The van der Waals surface area contributed by atoms with E-state index in [1.54, 1.807) is 0 Å². The number of unbranched alkanes of at least 4 members (excludes halogenated alkanes) is 1. The molecule has 0 spiro atoms. The largest absolute Gasteiger partial charge is 0.324 e. The molecule has 2 aromatic carbocycles. The van der Waals surface area contributed by atoms with E-state index in [0.29, 0.717) is 17.7 Å². The summed E-state index contributed by atoms with van der Waals surface area (Å²) < 4.78 is 0. The van der Waals surface area contributed by atoms with Gasteiger partial charge in [0.2, 0.25) is 11.9 Å². The first kappa shape index (κ1) is 19.8. The highest BCUT2D eigenvalue weighted by Gasteiger charge is 2.09. The molecule has 3 aromatic rings. The molecule has 2 N–H and O–H groups in total. The molecule has 0 saturated carbocycles. The topological polar surface area (TPSA) is 62.7 Å². The van der Waals surface area contributed by atoms with Crippen LogP contribution < -0.4 is 10.6 Å². The summed E-state index contributed by atoms with van der Waals surface area (Å²) in [5.41, 5.74) is 6.96. The minimum Gasteiger partial charge on any atom is -0.324 e. The fourth-order valence-corrected chi connectivity index (χ4v) is 3.35. The van der Waals surface area contributed by atoms with Crippen molar-refractivity contribution in [1.29, 1.82) is 0 Å². The van der Waals surface area contributed by atoms with Gasteiger partial charge in [-0.25, -0.2) is 0 Å². The quantitative estimate of drug-likeness (QED) is 0.535. The molecule has 0 saturated heterocycles. The Balaban J connectivity index is 1.78. The Morgan fingerprint density at radius 1 is 0.786 bits per heavy atom. The van der Waals surface area contributed by atoms with E-state index in [0.717, 1.165) is 17.8 Å². The number of hydrogen-bond donors (Lipinski definition) is 2. The van der Waals surface area contributed by atoms with E-state index >= 15 is 0 Å². The fraction of sp³-hybridized carbons (Fsp3) is 0.348. The van der Waals surface area contributed by atoms with Crippen LogP contribution >= 0.6 is 0 Å². The van der Waals surface area contributed by atoms with Crippen LogP contribution in [-0.2, 0) is 6.42 Å². The maximum absolute atomic E-state index is 4.56. The molecule has 0 fully saturated rings. The van der Waals surface area contributed by atoms with Crippen molar-refractivity contribution in [1.82, 2.24) is 15.0 Å². The summed E-state index contributed by atoms with van der Waals surface area (Å²) in [5, 5.41) is 6.66. The second-order valence-corrected chi connectivity index (χ2v) is 7.35. The first-order valence-electron chi connectivity index (χ1n) is 9.88. The molecular formula is C23H29N5. The van der Waals surface area contributed by atoms with Gasteiger partial charge in [-0.1, -0.05) is 43.2 Å². The summed E-state index contributed by atoms with van der Waals surface area (Å²) in [4.78, 5) is 13.4. The minimum absolute atomic E-state index is 0.540. The van der Waals surface area contributed by atoms with Crippen molar-refractivity contribution in [3.05, 3.63) is 64.5 Å². The zero-order valence-electron chi connectivity index (χ0n) is 17.4. The maximum Gasteiger partial charge on any atom is 0.232 e. The van der Waals surface area contributed by atoms with E-state index in [4.69, 9.17) is 0 Å². The number of aromatic nitrogens is 3. The van der Waals surface area contributed by atoms with Crippen molar-refractivity contribution in [2.45, 2.75) is 53.9 Å². The van der Waals surface area contributed by atoms with Gasteiger partial charge in [-0.15, -0.1) is 0 Å². The lowest BCUT2D eigenvalue weighted by atomic mass is 10.1. The summed E-state index contributed by atoms with van der Waals surface area (Å²) in [6.07, 6.45) is 3.54. The summed E-state index contributed by atoms with van der Waals surface area (Å²) in [6, 6.07) is 12.8. The Bertz CT molecular complexity index is 925. The van der Waals surface area contributed by atoms with Gasteiger partial charge < -0.3 is 10.6 Å². The smallest absolute Gasteiger partial charge is 0.232 e. The lowest BCUT2D eigenvalue weighted by molar-refractivity contribution is 0.795. The van der Waals surface area contributed by atoms with Crippen LogP contribution in [0.4, 0.5) is 23.3 Å². The van der Waals surface area contributed by atoms with Crippen molar-refractivity contribution >= 4 is 23.3 Å². The number of nitrogens with zero attached hydrogens (tertiary/aromatic N) is 3. The molecule has 0 radical (unpaired) electrons. The number of benzene rings is 2. The van der Waals surface area contributed by atoms with Gasteiger partial charge in [-0.2, -0.15) is 15.0 Å². The van der Waals surface area contributed by atoms with Gasteiger partial charge in [0.25, 0.3) is 0 Å². The molecule has 0 aliphatic rings. The number of anilines is 4. The molecule has 5 nitrogen and oxygen atoms in total. The van der Waals surface area contributed by atoms with E-state index < -0.39 is 0 Å². The Labute approximate surface area is 167 Å². The van der Waals surface area contributed by atoms with Crippen LogP contribution in [0.3, 0.4) is 0 Å². The van der Waals surface area contributed by atoms with E-state index in [-0.39, 0.29) is 0 Å². The molecule has 1 aromatic heterocycles. The van der Waals surface area contributed by atoms with Gasteiger partial charge in [0.05, 0.1) is 0 Å². The number of aryl methyl sites for hydroxylation is 5. The van der Waals surface area contributed by atoms with Crippen LogP contribution in [0.2, 0.25) is 0 Å². The first-order valence-corrected chi connectivity index (χ1v) is 9.88. The standard InChI is InChI=1S/C23H29N5/c1-6-7-8-19-9-11-20(12-10-19)26-22-24-18(5)25-23(28-22)27-21-16(3)13-15(2)14-17(21)4/h9-14H,6-8H2,1-5H3,(H2,24,25,26,27,28). The van der Waals surface area contributed by atoms with E-state index in [2.05, 4.69) is 89.7 Å². The lowest BCUT2D eigenvalue weighted by Gasteiger charge is -2.14. The van der Waals surface area contributed by atoms with E-state index in [1.165, 1.54) is 35.1 Å². The van der Waals surface area contributed by atoms with Crippen molar-refractivity contribution in [3.8, 4) is 0 Å². The minimum atomic E-state index is 0.540. The molecule has 5 heteroatoms. The van der Waals surface area contributed by atoms with Gasteiger partial charge in [0, 0.05) is 11.4 Å². The average Bonchev–Trinajstić information content (AvgIpc) is 2.64. The average molecular weight is 376 g/mol. The van der Waals surface area contributed by atoms with Gasteiger partial charge in [0.1, 0.15) is 5.82 Å². The second-order valence-electron chi connectivity index (χ2n) is 7.35. The predicted molar refractivity (Wildman–Crippen MR) is 117 cm³/mol. The van der Waals surface area contributed by atoms with Gasteiger partial charge >= 0.3 is 0 Å². The van der Waals surface area contributed by atoms with Crippen LogP contribution in [-0.4, -0.2) is 15.0 Å². The Morgan fingerprint density at radius 2 is 1.39 bits per heavy atom. The number of rotatable bonds is 7. The van der Waals surface area contributed by atoms with Crippen LogP contribution in [0.15, 0.2) is 36.4 Å². The zero-order valence-corrected chi connectivity index (χ0v) is 17.4. The van der Waals surface area contributed by atoms with Crippen LogP contribution in [0, 0.1) is 27.7 Å². The molecule has 28 heavy (non-hydrogen) atoms. The highest BCUT2D eigenvalue weighted by atomic mass is 15.2. The Morgan fingerprint density at radius 3 is 2.00 bits per heavy atom. The molecule has 0 aliphatic heterocycles. The molecule has 146 valence electrons. The molecule has 0 bridgehead atoms. The second kappa shape index (κ2) is 8.83. The van der Waals surface area contributed by atoms with E-state index in [9.17, 15) is 0 Å². The molecule has 1 heterocycles. The summed E-state index contributed by atoms with van der Waals surface area (Å²) in [6.45, 7) is 10.4. The lowest BCUT2D eigenvalue weighted by Crippen LogP contribution is -2.07. The normalized spacial score (nSPS) is 10.8. The third-order valence-corrected chi connectivity index (χ3v) is 4.69. The van der Waals surface area contributed by atoms with Gasteiger partial charge in [-0.3, -0.25) is 0 Å². The molecule has 3 rings (SSSR count). The third-order valence-electron chi connectivity index (χ3n) is 4.69. The van der Waals surface area contributed by atoms with Gasteiger partial charge in [0.15, 0.2) is 0 Å². The van der Waals surface area contributed by atoms with Gasteiger partial charge in [-0.05, 0) is 69.4 Å². The molecule has 0 amide bonds. The fourth-order valence-electron chi connectivity index (χ4n) is 3.35. The highest BCUT2D eigenvalue weighted by Crippen LogP contribution is 2.25. The number of nitrogens with one attached hydrogen (secondary N) is 2. The monoisotopic (exact) mass is 375 g/mol. The van der Waals surface area contributed by atoms with Crippen molar-refractivity contribution in [3.63, 3.8) is 0 Å². The maximum atomic E-state index is 4.56. The Kier molecular flexibility index (Phi) is 6.24.